The molecule has 59 heavy (non-hydrogen) atoms. The van der Waals surface area contributed by atoms with Crippen molar-refractivity contribution in [3.05, 3.63) is 75.7 Å². The summed E-state index contributed by atoms with van der Waals surface area (Å²) < 4.78 is 39.1. The highest BCUT2D eigenvalue weighted by atomic mass is 16.7. The van der Waals surface area contributed by atoms with Crippen molar-refractivity contribution in [3.8, 4) is 28.7 Å². The fourth-order valence-electron chi connectivity index (χ4n) is 8.15. The van der Waals surface area contributed by atoms with Crippen molar-refractivity contribution >= 4 is 45.2 Å². The van der Waals surface area contributed by atoms with Crippen LogP contribution in [0.1, 0.15) is 76.7 Å². The summed E-state index contributed by atoms with van der Waals surface area (Å²) in [7, 11) is 6.23. The standard InChI is InChI=1S/C46H53N3O10/c1-24-13-11-14-27(4)45(53)48-38-39(51)35-34(37-43(38)57-32-17-16-30(23-31(32)47-37)54-20-18-49(8,9)10)36-42-28(5)41(35)58-33(22-25(2)21-24)40(56-29(6)50)26(3)15-12-19-55-46(7,59-42)44(36)52/h11-14,16-17,19,23-26,33,40H,15,18,20-22H2,1-10H3/p+1/b13-11+,19-12+,27-14-/t24?,25-,26-,33?,40?,46+/m1/s1. The maximum absolute atomic E-state index is 15.3. The molecule has 0 saturated heterocycles. The molecule has 7 rings (SSSR count). The fourth-order valence-corrected chi connectivity index (χ4v) is 8.15. The van der Waals surface area contributed by atoms with E-state index in [9.17, 15) is 14.4 Å². The number of quaternary nitrogens is 1. The van der Waals surface area contributed by atoms with Crippen LogP contribution in [0.2, 0.25) is 0 Å². The van der Waals surface area contributed by atoms with Crippen LogP contribution in [0.5, 0.6) is 17.2 Å². The first kappa shape index (κ1) is 41.5. The average molecular weight is 809 g/mol. The summed E-state index contributed by atoms with van der Waals surface area (Å²) in [5.74, 6) is -2.71. The third-order valence-electron chi connectivity index (χ3n) is 11.3. The summed E-state index contributed by atoms with van der Waals surface area (Å²) in [6, 6.07) is 5.18. The van der Waals surface area contributed by atoms with Crippen LogP contribution < -0.4 is 25.0 Å². The number of nitrogens with one attached hydrogen (secondary N) is 1. The Morgan fingerprint density at radius 3 is 2.54 bits per heavy atom. The lowest BCUT2D eigenvalue weighted by molar-refractivity contribution is -0.870. The number of rotatable bonds is 5. The summed E-state index contributed by atoms with van der Waals surface area (Å²) >= 11 is 0. The molecule has 13 nitrogen and oxygen atoms in total. The Bertz CT molecular complexity index is 2480. The number of likely N-dealkylation sites (N-methyl/N-ethyl adjacent to an activating group) is 1. The van der Waals surface area contributed by atoms with Crippen molar-refractivity contribution in [1.82, 2.24) is 4.98 Å². The molecule has 6 atom stereocenters. The minimum Gasteiger partial charge on any atom is -0.488 e. The zero-order valence-electron chi connectivity index (χ0n) is 35.5. The van der Waals surface area contributed by atoms with Crippen LogP contribution in [0.25, 0.3) is 33.3 Å². The minimum atomic E-state index is -1.82. The molecule has 5 aliphatic rings. The van der Waals surface area contributed by atoms with Crippen molar-refractivity contribution in [2.24, 2.45) is 17.8 Å². The Kier molecular flexibility index (Phi) is 11.1. The number of carbonyl (C=O) groups excluding carboxylic acids is 3. The largest absolute Gasteiger partial charge is 0.488 e. The number of allylic oxidation sites excluding steroid dienone is 4. The van der Waals surface area contributed by atoms with E-state index in [-0.39, 0.29) is 62.7 Å². The number of hydrogen-bond donors (Lipinski definition) is 1. The first-order chi connectivity index (χ1) is 27.8. The van der Waals surface area contributed by atoms with Gasteiger partial charge in [0.25, 0.3) is 11.7 Å². The summed E-state index contributed by atoms with van der Waals surface area (Å²) in [4.78, 5) is 61.8. The van der Waals surface area contributed by atoms with E-state index in [1.165, 1.54) is 20.1 Å². The Balaban J connectivity index is 1.59. The van der Waals surface area contributed by atoms with E-state index in [1.807, 2.05) is 19.1 Å². The highest BCUT2D eigenvalue weighted by Gasteiger charge is 2.50. The van der Waals surface area contributed by atoms with Gasteiger partial charge in [0.15, 0.2) is 11.3 Å². The maximum Gasteiger partial charge on any atom is 0.312 e. The molecular formula is C46H54N3O10+. The van der Waals surface area contributed by atoms with Crippen molar-refractivity contribution < 1.29 is 47.0 Å². The molecule has 0 spiro atoms. The Morgan fingerprint density at radius 1 is 1.05 bits per heavy atom. The first-order valence-electron chi connectivity index (χ1n) is 20.3. The third-order valence-corrected chi connectivity index (χ3v) is 11.3. The Morgan fingerprint density at radius 2 is 1.81 bits per heavy atom. The second-order valence-electron chi connectivity index (χ2n) is 17.5. The van der Waals surface area contributed by atoms with E-state index in [2.05, 4.69) is 40.3 Å². The minimum absolute atomic E-state index is 0.0101. The molecule has 6 bridgehead atoms. The number of ketones is 1. The first-order valence-corrected chi connectivity index (χ1v) is 20.3. The SMILES string of the molecule is CC(=O)OC1C2C[C@H](C)CC(C)/C=C/C=C(/C)C(=O)Nc3c4oc5ccc(OCC[N+](C)(C)C)cc5nc-4c4c5c(c(C)c(c4c3=O)O2)O[C@](C)(O/C=C/C[C@H]1C)C5=O. The quantitative estimate of drug-likeness (QED) is 0.0907. The molecule has 3 unspecified atom stereocenters. The number of Topliss-reactive ketones (excluding diaryl/α,β-unsaturated/α-hetero) is 1. The third kappa shape index (κ3) is 8.17. The van der Waals surface area contributed by atoms with E-state index >= 15 is 4.79 Å². The number of esters is 1. The van der Waals surface area contributed by atoms with Crippen molar-refractivity contribution in [3.63, 3.8) is 0 Å². The van der Waals surface area contributed by atoms with Crippen LogP contribution in [0.3, 0.4) is 0 Å². The highest BCUT2D eigenvalue weighted by Crippen LogP contribution is 2.51. The van der Waals surface area contributed by atoms with Crippen LogP contribution in [0, 0.1) is 24.7 Å². The number of nitrogens with zero attached hydrogens (tertiary/aromatic N) is 2. The number of ether oxygens (including phenoxy) is 5. The van der Waals surface area contributed by atoms with Gasteiger partial charge in [-0.3, -0.25) is 19.2 Å². The number of benzene rings is 3. The second-order valence-corrected chi connectivity index (χ2v) is 17.5. The molecule has 4 aliphatic heterocycles. The maximum atomic E-state index is 15.3. The van der Waals surface area contributed by atoms with E-state index in [4.69, 9.17) is 33.1 Å². The van der Waals surface area contributed by atoms with Crippen LogP contribution in [-0.2, 0) is 19.1 Å². The van der Waals surface area contributed by atoms with Gasteiger partial charge in [-0.2, -0.15) is 0 Å². The van der Waals surface area contributed by atoms with Gasteiger partial charge in [0.2, 0.25) is 5.43 Å². The number of carbonyl (C=O) groups is 3. The summed E-state index contributed by atoms with van der Waals surface area (Å²) in [6.07, 6.45) is 8.87. The number of hydrogen-bond acceptors (Lipinski definition) is 11. The van der Waals surface area contributed by atoms with Crippen LogP contribution in [0.15, 0.2) is 63.6 Å². The van der Waals surface area contributed by atoms with Crippen molar-refractivity contribution in [1.29, 1.82) is 0 Å². The predicted octanol–water partition coefficient (Wildman–Crippen LogP) is 7.89. The van der Waals surface area contributed by atoms with E-state index in [0.29, 0.717) is 51.9 Å². The van der Waals surface area contributed by atoms with Gasteiger partial charge < -0.3 is 37.9 Å². The van der Waals surface area contributed by atoms with Gasteiger partial charge in [0.1, 0.15) is 59.5 Å². The smallest absolute Gasteiger partial charge is 0.312 e. The van der Waals surface area contributed by atoms with Gasteiger partial charge in [-0.25, -0.2) is 4.98 Å². The van der Waals surface area contributed by atoms with Crippen LogP contribution in [0.4, 0.5) is 5.69 Å². The lowest BCUT2D eigenvalue weighted by Crippen LogP contribution is -2.41. The molecular weight excluding hydrogens is 755 g/mol. The number of amides is 1. The molecule has 13 heteroatoms. The van der Waals surface area contributed by atoms with Gasteiger partial charge in [-0.1, -0.05) is 39.0 Å². The second kappa shape index (κ2) is 15.8. The molecule has 0 aromatic heterocycles. The molecule has 2 aromatic rings. The van der Waals surface area contributed by atoms with Gasteiger partial charge in [-0.05, 0) is 63.2 Å². The molecule has 1 amide bonds. The van der Waals surface area contributed by atoms with E-state index in [1.54, 1.807) is 44.2 Å². The van der Waals surface area contributed by atoms with E-state index in [0.717, 1.165) is 13.0 Å². The summed E-state index contributed by atoms with van der Waals surface area (Å²) in [6.45, 7) is 13.6. The van der Waals surface area contributed by atoms with Gasteiger partial charge in [0.05, 0.1) is 38.4 Å². The van der Waals surface area contributed by atoms with Crippen molar-refractivity contribution in [2.75, 3.05) is 39.6 Å². The highest BCUT2D eigenvalue weighted by molar-refractivity contribution is 6.22. The summed E-state index contributed by atoms with van der Waals surface area (Å²) in [5, 5.41) is 2.95. The normalized spacial score (nSPS) is 26.9. The molecule has 4 heterocycles. The number of aromatic nitrogens is 1. The molecule has 1 aliphatic carbocycles. The molecule has 2 aromatic carbocycles. The molecule has 0 saturated carbocycles. The number of fused-ring (bicyclic) bond motifs is 8. The number of anilines is 1. The zero-order valence-corrected chi connectivity index (χ0v) is 35.5. The fraction of sp³-hybridized carbons (Fsp3) is 0.457. The summed E-state index contributed by atoms with van der Waals surface area (Å²) in [5.41, 5.74) is 0.740. The Hall–Kier alpha value is -5.69. The van der Waals surface area contributed by atoms with Gasteiger partial charge in [-0.15, -0.1) is 0 Å². The zero-order chi connectivity index (χ0) is 42.6. The average Bonchev–Trinajstić information content (AvgIpc) is 3.42. The topological polar surface area (TPSA) is 152 Å². The monoisotopic (exact) mass is 808 g/mol. The van der Waals surface area contributed by atoms with E-state index < -0.39 is 41.1 Å². The molecule has 0 fully saturated rings. The predicted molar refractivity (Wildman–Crippen MR) is 224 cm³/mol. The van der Waals surface area contributed by atoms with Crippen molar-refractivity contribution in [2.45, 2.75) is 85.7 Å². The van der Waals surface area contributed by atoms with Gasteiger partial charge >= 0.3 is 11.8 Å². The van der Waals surface area contributed by atoms with Gasteiger partial charge in [0, 0.05) is 42.4 Å². The Labute approximate surface area is 343 Å². The molecule has 0 radical (unpaired) electrons. The lowest BCUT2D eigenvalue weighted by Gasteiger charge is -2.34. The molecule has 1 N–H and O–H groups in total. The lowest BCUT2D eigenvalue weighted by atomic mass is 9.86. The van der Waals surface area contributed by atoms with Crippen LogP contribution in [-0.4, -0.2) is 79.4 Å². The molecule has 312 valence electrons. The van der Waals surface area contributed by atoms with Crippen LogP contribution >= 0.6 is 0 Å².